The van der Waals surface area contributed by atoms with Crippen molar-refractivity contribution in [2.24, 2.45) is 12.5 Å². The zero-order valence-electron chi connectivity index (χ0n) is 14.4. The lowest BCUT2D eigenvalue weighted by molar-refractivity contribution is -0.124. The molecule has 5 heteroatoms. The molecule has 3 rings (SSSR count). The minimum atomic E-state index is -0.583. The molecule has 2 aromatic heterocycles. The van der Waals surface area contributed by atoms with Crippen molar-refractivity contribution in [1.29, 1.82) is 5.26 Å². The first-order valence-corrected chi connectivity index (χ1v) is 7.89. The highest BCUT2D eigenvalue weighted by molar-refractivity contribution is 6.04. The lowest BCUT2D eigenvalue weighted by atomic mass is 9.64. The third-order valence-electron chi connectivity index (χ3n) is 4.59. The number of nitriles is 1. The summed E-state index contributed by atoms with van der Waals surface area (Å²) >= 11 is 0. The van der Waals surface area contributed by atoms with E-state index in [-0.39, 0.29) is 11.4 Å². The zero-order valence-corrected chi connectivity index (χ0v) is 14.4. The van der Waals surface area contributed by atoms with Crippen LogP contribution in [0.3, 0.4) is 0 Å². The van der Waals surface area contributed by atoms with Gasteiger partial charge in [0.05, 0.1) is 23.2 Å². The Morgan fingerprint density at radius 2 is 2.04 bits per heavy atom. The van der Waals surface area contributed by atoms with E-state index in [1.165, 1.54) is 0 Å². The number of carbonyl (C=O) groups excluding carboxylic acids is 1. The van der Waals surface area contributed by atoms with Gasteiger partial charge in [-0.05, 0) is 18.6 Å². The number of aryl methyl sites for hydroxylation is 1. The predicted molar refractivity (Wildman–Crippen MR) is 90.9 cm³/mol. The third kappa shape index (κ3) is 2.65. The summed E-state index contributed by atoms with van der Waals surface area (Å²) in [6.07, 6.45) is 6.09. The molecule has 0 aromatic carbocycles. The smallest absolute Gasteiger partial charge is 0.178 e. The van der Waals surface area contributed by atoms with E-state index in [0.717, 1.165) is 17.0 Å². The molecule has 0 fully saturated rings. The molecule has 0 N–H and O–H groups in total. The average Bonchev–Trinajstić information content (AvgIpc) is 2.97. The monoisotopic (exact) mass is 320 g/mol. The number of ketones is 1. The summed E-state index contributed by atoms with van der Waals surface area (Å²) in [5, 5.41) is 13.5. The Morgan fingerprint density at radius 1 is 1.29 bits per heavy atom. The second kappa shape index (κ2) is 5.41. The molecule has 0 bridgehead atoms. The Kier molecular flexibility index (Phi) is 3.64. The van der Waals surface area contributed by atoms with Crippen LogP contribution in [0.25, 0.3) is 11.3 Å². The van der Waals surface area contributed by atoms with Crippen molar-refractivity contribution in [3.05, 3.63) is 47.9 Å². The average molecular weight is 320 g/mol. The van der Waals surface area contributed by atoms with Crippen molar-refractivity contribution in [3.8, 4) is 17.3 Å². The van der Waals surface area contributed by atoms with Crippen LogP contribution in [0, 0.1) is 16.7 Å². The molecule has 1 unspecified atom stereocenters. The zero-order chi connectivity index (χ0) is 17.5. The SMILES string of the molecule is Cn1cc(-c2cccc(C3(C)C=C(C#N)C(=O)C(C)(C)C3)n2)cn1. The van der Waals surface area contributed by atoms with Crippen molar-refractivity contribution in [1.82, 2.24) is 14.8 Å². The number of hydrogen-bond acceptors (Lipinski definition) is 4. The Hall–Kier alpha value is -2.74. The first-order chi connectivity index (χ1) is 11.2. The number of hydrogen-bond donors (Lipinski definition) is 0. The first-order valence-electron chi connectivity index (χ1n) is 7.89. The van der Waals surface area contributed by atoms with E-state index in [1.807, 2.05) is 52.2 Å². The molecule has 0 spiro atoms. The van der Waals surface area contributed by atoms with Gasteiger partial charge in [0.1, 0.15) is 6.07 Å². The Balaban J connectivity index is 2.10. The molecule has 2 aromatic rings. The highest BCUT2D eigenvalue weighted by atomic mass is 16.1. The van der Waals surface area contributed by atoms with Gasteiger partial charge in [-0.1, -0.05) is 32.9 Å². The molecule has 1 aliphatic carbocycles. The number of allylic oxidation sites excluding steroid dienone is 2. The van der Waals surface area contributed by atoms with Crippen molar-refractivity contribution >= 4 is 5.78 Å². The van der Waals surface area contributed by atoms with E-state index in [9.17, 15) is 10.1 Å². The maximum Gasteiger partial charge on any atom is 0.178 e. The van der Waals surface area contributed by atoms with Crippen LogP contribution in [0.5, 0.6) is 0 Å². The molecular weight excluding hydrogens is 300 g/mol. The summed E-state index contributed by atoms with van der Waals surface area (Å²) in [5.74, 6) is -0.0918. The van der Waals surface area contributed by atoms with Gasteiger partial charge in [-0.25, -0.2) is 0 Å². The van der Waals surface area contributed by atoms with Gasteiger partial charge in [0, 0.05) is 29.6 Å². The van der Waals surface area contributed by atoms with Crippen LogP contribution in [0.15, 0.2) is 42.2 Å². The maximum absolute atomic E-state index is 12.4. The molecule has 0 aliphatic heterocycles. The molecule has 0 saturated carbocycles. The second-order valence-corrected chi connectivity index (χ2v) is 7.29. The van der Waals surface area contributed by atoms with Gasteiger partial charge in [0.25, 0.3) is 0 Å². The highest BCUT2D eigenvalue weighted by Crippen LogP contribution is 2.44. The van der Waals surface area contributed by atoms with Crippen molar-refractivity contribution in [2.45, 2.75) is 32.6 Å². The van der Waals surface area contributed by atoms with Crippen LogP contribution in [0.4, 0.5) is 0 Å². The minimum Gasteiger partial charge on any atom is -0.293 e. The standard InChI is InChI=1S/C19H20N4O/c1-18(2)12-19(3,8-13(9-20)17(18)24)16-7-5-6-15(22-16)14-10-21-23(4)11-14/h5-8,10-11H,12H2,1-4H3. The van der Waals surface area contributed by atoms with Gasteiger partial charge in [-0.15, -0.1) is 0 Å². The van der Waals surface area contributed by atoms with Gasteiger partial charge < -0.3 is 0 Å². The molecule has 0 radical (unpaired) electrons. The van der Waals surface area contributed by atoms with E-state index in [0.29, 0.717) is 6.42 Å². The van der Waals surface area contributed by atoms with Crippen molar-refractivity contribution in [3.63, 3.8) is 0 Å². The summed E-state index contributed by atoms with van der Waals surface area (Å²) in [6.45, 7) is 5.82. The number of Topliss-reactive ketones (excluding diaryl/α,β-unsaturated/α-hetero) is 1. The van der Waals surface area contributed by atoms with Gasteiger partial charge >= 0.3 is 0 Å². The Morgan fingerprint density at radius 3 is 2.67 bits per heavy atom. The minimum absolute atomic E-state index is 0.0918. The number of rotatable bonds is 2. The number of pyridine rings is 1. The lowest BCUT2D eigenvalue weighted by Crippen LogP contribution is -2.39. The van der Waals surface area contributed by atoms with Crippen molar-refractivity contribution in [2.75, 3.05) is 0 Å². The fraction of sp³-hybridized carbons (Fsp3) is 0.368. The predicted octanol–water partition coefficient (Wildman–Crippen LogP) is 3.19. The summed E-state index contributed by atoms with van der Waals surface area (Å²) in [6, 6.07) is 7.91. The number of nitrogens with zero attached hydrogens (tertiary/aromatic N) is 4. The Bertz CT molecular complexity index is 885. The molecule has 2 heterocycles. The summed E-state index contributed by atoms with van der Waals surface area (Å²) < 4.78 is 1.74. The normalized spacial score (nSPS) is 22.8. The summed E-state index contributed by atoms with van der Waals surface area (Å²) in [7, 11) is 1.87. The van der Waals surface area contributed by atoms with Crippen LogP contribution >= 0.6 is 0 Å². The second-order valence-electron chi connectivity index (χ2n) is 7.29. The van der Waals surface area contributed by atoms with E-state index >= 15 is 0 Å². The van der Waals surface area contributed by atoms with Crippen LogP contribution in [-0.4, -0.2) is 20.5 Å². The van der Waals surface area contributed by atoms with Gasteiger partial charge in [0.2, 0.25) is 0 Å². The summed E-state index contributed by atoms with van der Waals surface area (Å²) in [5.41, 5.74) is 1.82. The third-order valence-corrected chi connectivity index (χ3v) is 4.59. The van der Waals surface area contributed by atoms with Gasteiger partial charge in [0.15, 0.2) is 5.78 Å². The van der Waals surface area contributed by atoms with E-state index < -0.39 is 10.8 Å². The molecular formula is C19H20N4O. The quantitative estimate of drug-likeness (QED) is 0.852. The van der Waals surface area contributed by atoms with Crippen LogP contribution in [0.1, 0.15) is 32.9 Å². The molecule has 1 atom stereocenters. The van der Waals surface area contributed by atoms with Crippen LogP contribution in [-0.2, 0) is 17.3 Å². The van der Waals surface area contributed by atoms with Crippen LogP contribution in [0.2, 0.25) is 0 Å². The number of aromatic nitrogens is 3. The topological polar surface area (TPSA) is 71.6 Å². The van der Waals surface area contributed by atoms with E-state index in [1.54, 1.807) is 17.0 Å². The van der Waals surface area contributed by atoms with E-state index in [4.69, 9.17) is 4.98 Å². The molecule has 0 amide bonds. The first kappa shape index (κ1) is 16.1. The molecule has 122 valence electrons. The largest absolute Gasteiger partial charge is 0.293 e. The fourth-order valence-corrected chi connectivity index (χ4v) is 3.51. The van der Waals surface area contributed by atoms with Gasteiger partial charge in [-0.2, -0.15) is 10.4 Å². The van der Waals surface area contributed by atoms with Gasteiger partial charge in [-0.3, -0.25) is 14.5 Å². The highest BCUT2D eigenvalue weighted by Gasteiger charge is 2.44. The molecule has 5 nitrogen and oxygen atoms in total. The fourth-order valence-electron chi connectivity index (χ4n) is 3.51. The lowest BCUT2D eigenvalue weighted by Gasteiger charge is -2.38. The molecule has 0 saturated heterocycles. The molecule has 24 heavy (non-hydrogen) atoms. The number of carbonyl (C=O) groups is 1. The maximum atomic E-state index is 12.4. The Labute approximate surface area is 141 Å². The van der Waals surface area contributed by atoms with Crippen LogP contribution < -0.4 is 0 Å². The van der Waals surface area contributed by atoms with E-state index in [2.05, 4.69) is 11.2 Å². The summed E-state index contributed by atoms with van der Waals surface area (Å²) in [4.78, 5) is 17.2. The molecule has 1 aliphatic rings. The van der Waals surface area contributed by atoms with Crippen molar-refractivity contribution < 1.29 is 4.79 Å².